The summed E-state index contributed by atoms with van der Waals surface area (Å²) in [7, 11) is 0. The van der Waals surface area contributed by atoms with Crippen LogP contribution in [0.3, 0.4) is 0 Å². The average Bonchev–Trinajstić information content (AvgIpc) is 2.57. The molecule has 2 bridgehead atoms. The summed E-state index contributed by atoms with van der Waals surface area (Å²) in [6.45, 7) is 5.70. The molecule has 2 aliphatic heterocycles. The lowest BCUT2D eigenvalue weighted by molar-refractivity contribution is 0.0298. The molecule has 2 rings (SSSR count). The predicted molar refractivity (Wildman–Crippen MR) is 53.8 cm³/mol. The second-order valence-electron chi connectivity index (χ2n) is 4.97. The van der Waals surface area contributed by atoms with E-state index in [2.05, 4.69) is 6.08 Å². The fourth-order valence-corrected chi connectivity index (χ4v) is 2.07. The van der Waals surface area contributed by atoms with Gasteiger partial charge in [-0.3, -0.25) is 4.90 Å². The molecule has 1 saturated heterocycles. The number of carbonyl (C=O) groups is 1. The van der Waals surface area contributed by atoms with Crippen molar-refractivity contribution in [3.05, 3.63) is 11.8 Å². The lowest BCUT2D eigenvalue weighted by atomic mass is 10.1. The Kier molecular flexibility index (Phi) is 2.05. The van der Waals surface area contributed by atoms with Crippen molar-refractivity contribution in [2.45, 2.75) is 51.7 Å². The molecule has 0 N–H and O–H groups in total. The molecule has 1 amide bonds. The highest BCUT2D eigenvalue weighted by atomic mass is 16.6. The molecule has 2 aliphatic rings. The van der Waals surface area contributed by atoms with Crippen LogP contribution in [0.4, 0.5) is 4.79 Å². The Bertz CT molecular complexity index is 288. The van der Waals surface area contributed by atoms with Crippen molar-refractivity contribution in [2.75, 3.05) is 0 Å². The van der Waals surface area contributed by atoms with Crippen LogP contribution in [0.15, 0.2) is 11.8 Å². The van der Waals surface area contributed by atoms with Crippen LogP contribution < -0.4 is 0 Å². The Hall–Kier alpha value is -0.990. The van der Waals surface area contributed by atoms with Gasteiger partial charge in [0.2, 0.25) is 0 Å². The van der Waals surface area contributed by atoms with Gasteiger partial charge in [0.15, 0.2) is 0 Å². The monoisotopic (exact) mass is 195 g/mol. The number of carbonyl (C=O) groups excluding carboxylic acids is 1. The molecule has 0 aliphatic carbocycles. The van der Waals surface area contributed by atoms with E-state index in [1.54, 1.807) is 0 Å². The number of allylic oxidation sites excluding steroid dienone is 1. The average molecular weight is 195 g/mol. The molecule has 0 aromatic heterocycles. The highest BCUT2D eigenvalue weighted by molar-refractivity contribution is 5.72. The number of hydrogen-bond donors (Lipinski definition) is 0. The SMILES string of the molecule is CC(C)(C)OC(=O)N1C2=CCC1CC2. The minimum Gasteiger partial charge on any atom is -0.443 e. The minimum absolute atomic E-state index is 0.177. The lowest BCUT2D eigenvalue weighted by Crippen LogP contribution is -2.36. The molecule has 2 heterocycles. The second kappa shape index (κ2) is 3.01. The highest BCUT2D eigenvalue weighted by Gasteiger charge is 2.38. The zero-order valence-corrected chi connectivity index (χ0v) is 9.04. The van der Waals surface area contributed by atoms with Crippen LogP contribution in [0.25, 0.3) is 0 Å². The number of nitrogens with zero attached hydrogens (tertiary/aromatic N) is 1. The molecular weight excluding hydrogens is 178 g/mol. The number of hydrogen-bond acceptors (Lipinski definition) is 2. The summed E-state index contributed by atoms with van der Waals surface area (Å²) in [5, 5.41) is 0. The minimum atomic E-state index is -0.389. The Balaban J connectivity index is 2.04. The van der Waals surface area contributed by atoms with E-state index in [1.807, 2.05) is 25.7 Å². The van der Waals surface area contributed by atoms with E-state index in [0.717, 1.165) is 25.0 Å². The highest BCUT2D eigenvalue weighted by Crippen LogP contribution is 2.37. The first-order chi connectivity index (χ1) is 6.47. The molecule has 0 radical (unpaired) electrons. The van der Waals surface area contributed by atoms with Gasteiger partial charge >= 0.3 is 6.09 Å². The van der Waals surface area contributed by atoms with Gasteiger partial charge in [-0.2, -0.15) is 0 Å². The van der Waals surface area contributed by atoms with E-state index in [9.17, 15) is 4.79 Å². The summed E-state index contributed by atoms with van der Waals surface area (Å²) >= 11 is 0. The summed E-state index contributed by atoms with van der Waals surface area (Å²) in [6.07, 6.45) is 5.12. The van der Waals surface area contributed by atoms with Gasteiger partial charge in [-0.25, -0.2) is 4.79 Å². The zero-order valence-electron chi connectivity index (χ0n) is 9.04. The van der Waals surface area contributed by atoms with Crippen LogP contribution in [0.5, 0.6) is 0 Å². The molecule has 3 heteroatoms. The second-order valence-corrected chi connectivity index (χ2v) is 4.97. The Morgan fingerprint density at radius 2 is 2.29 bits per heavy atom. The van der Waals surface area contributed by atoms with Crippen molar-refractivity contribution >= 4 is 6.09 Å². The molecule has 3 nitrogen and oxygen atoms in total. The molecule has 0 aromatic rings. The summed E-state index contributed by atoms with van der Waals surface area (Å²) in [4.78, 5) is 13.6. The molecule has 1 unspecified atom stereocenters. The number of ether oxygens (including phenoxy) is 1. The first-order valence-corrected chi connectivity index (χ1v) is 5.18. The summed E-state index contributed by atoms with van der Waals surface area (Å²) < 4.78 is 5.35. The van der Waals surface area contributed by atoms with E-state index in [0.29, 0.717) is 6.04 Å². The normalized spacial score (nSPS) is 25.2. The van der Waals surface area contributed by atoms with Gasteiger partial charge in [0, 0.05) is 11.7 Å². The Labute approximate surface area is 84.7 Å². The summed E-state index contributed by atoms with van der Waals surface area (Å²) in [5.74, 6) is 0. The van der Waals surface area contributed by atoms with Crippen molar-refractivity contribution in [3.63, 3.8) is 0 Å². The zero-order chi connectivity index (χ0) is 10.3. The Morgan fingerprint density at radius 3 is 2.64 bits per heavy atom. The van der Waals surface area contributed by atoms with Crippen LogP contribution in [-0.4, -0.2) is 22.6 Å². The van der Waals surface area contributed by atoms with Crippen LogP contribution in [0, 0.1) is 0 Å². The quantitative estimate of drug-likeness (QED) is 0.594. The van der Waals surface area contributed by atoms with E-state index < -0.39 is 0 Å². The van der Waals surface area contributed by atoms with Crippen molar-refractivity contribution in [2.24, 2.45) is 0 Å². The summed E-state index contributed by atoms with van der Waals surface area (Å²) in [5.41, 5.74) is 0.768. The van der Waals surface area contributed by atoms with E-state index >= 15 is 0 Å². The number of fused-ring (bicyclic) bond motifs is 2. The first-order valence-electron chi connectivity index (χ1n) is 5.18. The molecule has 14 heavy (non-hydrogen) atoms. The van der Waals surface area contributed by atoms with Gasteiger partial charge in [-0.15, -0.1) is 0 Å². The predicted octanol–water partition coefficient (Wildman–Crippen LogP) is 2.67. The van der Waals surface area contributed by atoms with Crippen molar-refractivity contribution in [1.82, 2.24) is 4.90 Å². The molecule has 0 spiro atoms. The van der Waals surface area contributed by atoms with Gasteiger partial charge < -0.3 is 4.74 Å². The molecule has 0 saturated carbocycles. The molecule has 0 aromatic carbocycles. The van der Waals surface area contributed by atoms with Crippen LogP contribution in [-0.2, 0) is 4.74 Å². The third kappa shape index (κ3) is 1.63. The smallest absolute Gasteiger partial charge is 0.414 e. The number of rotatable bonds is 0. The van der Waals surface area contributed by atoms with Gasteiger partial charge in [0.1, 0.15) is 5.60 Å². The first kappa shape index (κ1) is 9.56. The fraction of sp³-hybridized carbons (Fsp3) is 0.727. The van der Waals surface area contributed by atoms with Gasteiger partial charge in [-0.1, -0.05) is 6.08 Å². The van der Waals surface area contributed by atoms with E-state index in [-0.39, 0.29) is 11.7 Å². The third-order valence-electron chi connectivity index (χ3n) is 2.62. The third-order valence-corrected chi connectivity index (χ3v) is 2.62. The molecule has 78 valence electrons. The summed E-state index contributed by atoms with van der Waals surface area (Å²) in [6, 6.07) is 0.375. The van der Waals surface area contributed by atoms with Crippen molar-refractivity contribution in [3.8, 4) is 0 Å². The maximum Gasteiger partial charge on any atom is 0.414 e. The van der Waals surface area contributed by atoms with Crippen LogP contribution in [0.1, 0.15) is 40.0 Å². The van der Waals surface area contributed by atoms with E-state index in [4.69, 9.17) is 4.74 Å². The van der Waals surface area contributed by atoms with Gasteiger partial charge in [0.05, 0.1) is 0 Å². The van der Waals surface area contributed by atoms with Crippen molar-refractivity contribution < 1.29 is 9.53 Å². The fourth-order valence-electron chi connectivity index (χ4n) is 2.07. The standard InChI is InChI=1S/C11H17NO2/c1-11(2,3)14-10(13)12-8-4-5-9(12)7-6-8/h4,9H,5-7H2,1-3H3. The maximum atomic E-state index is 11.8. The molecule has 1 atom stereocenters. The lowest BCUT2D eigenvalue weighted by Gasteiger charge is -2.26. The van der Waals surface area contributed by atoms with Gasteiger partial charge in [0.25, 0.3) is 0 Å². The topological polar surface area (TPSA) is 29.5 Å². The van der Waals surface area contributed by atoms with Crippen LogP contribution >= 0.6 is 0 Å². The molecular formula is C11H17NO2. The van der Waals surface area contributed by atoms with Crippen LogP contribution in [0.2, 0.25) is 0 Å². The van der Waals surface area contributed by atoms with E-state index in [1.165, 1.54) is 0 Å². The van der Waals surface area contributed by atoms with Gasteiger partial charge in [-0.05, 0) is 40.0 Å². The molecule has 1 fully saturated rings. The largest absolute Gasteiger partial charge is 0.443 e. The maximum absolute atomic E-state index is 11.8. The Morgan fingerprint density at radius 1 is 1.57 bits per heavy atom. The van der Waals surface area contributed by atoms with Crippen molar-refractivity contribution in [1.29, 1.82) is 0 Å². The number of amides is 1.